The highest BCUT2D eigenvalue weighted by Gasteiger charge is 2.36. The number of carbonyl (C=O) groups is 1. The van der Waals surface area contributed by atoms with Gasteiger partial charge in [0.15, 0.2) is 9.84 Å². The summed E-state index contributed by atoms with van der Waals surface area (Å²) >= 11 is 12.4. The number of rotatable bonds is 4. The van der Waals surface area contributed by atoms with E-state index in [0.29, 0.717) is 22.2 Å². The molecule has 1 amide bonds. The van der Waals surface area contributed by atoms with Crippen LogP contribution < -0.4 is 4.90 Å². The van der Waals surface area contributed by atoms with Gasteiger partial charge in [0.1, 0.15) is 0 Å². The van der Waals surface area contributed by atoms with Gasteiger partial charge in [0.2, 0.25) is 5.91 Å². The fourth-order valence-electron chi connectivity index (χ4n) is 3.04. The zero-order valence-corrected chi connectivity index (χ0v) is 15.7. The molecule has 1 heterocycles. The Labute approximate surface area is 157 Å². The molecular weight excluding hydrogens is 381 g/mol. The number of benzene rings is 2. The number of nitrogens with zero attached hydrogens (tertiary/aromatic N) is 1. The Balaban J connectivity index is 1.97. The highest BCUT2D eigenvalue weighted by molar-refractivity contribution is 7.91. The molecule has 25 heavy (non-hydrogen) atoms. The average Bonchev–Trinajstić information content (AvgIpc) is 2.91. The van der Waals surface area contributed by atoms with Crippen molar-refractivity contribution in [1.82, 2.24) is 0 Å². The number of hydrogen-bond acceptors (Lipinski definition) is 3. The lowest BCUT2D eigenvalue weighted by atomic mass is 10.1. The van der Waals surface area contributed by atoms with Gasteiger partial charge in [-0.2, -0.15) is 0 Å². The van der Waals surface area contributed by atoms with Crippen molar-refractivity contribution in [3.63, 3.8) is 0 Å². The van der Waals surface area contributed by atoms with Gasteiger partial charge in [-0.05, 0) is 30.2 Å². The zero-order valence-electron chi connectivity index (χ0n) is 13.4. The van der Waals surface area contributed by atoms with E-state index in [0.717, 1.165) is 5.56 Å². The van der Waals surface area contributed by atoms with E-state index in [1.54, 1.807) is 18.2 Å². The summed E-state index contributed by atoms with van der Waals surface area (Å²) in [5.74, 6) is -0.182. The maximum atomic E-state index is 13.0. The second-order valence-corrected chi connectivity index (χ2v) is 9.15. The van der Waals surface area contributed by atoms with Crippen LogP contribution in [0.5, 0.6) is 0 Å². The third-order valence-corrected chi connectivity index (χ3v) is 6.51. The molecule has 4 nitrogen and oxygen atoms in total. The topological polar surface area (TPSA) is 54.5 Å². The molecule has 0 aliphatic carbocycles. The number of amides is 1. The van der Waals surface area contributed by atoms with E-state index in [2.05, 4.69) is 0 Å². The molecule has 1 atom stereocenters. The Morgan fingerprint density at radius 3 is 2.48 bits per heavy atom. The Morgan fingerprint density at radius 2 is 1.84 bits per heavy atom. The third-order valence-electron chi connectivity index (χ3n) is 4.21. The molecule has 2 aromatic carbocycles. The summed E-state index contributed by atoms with van der Waals surface area (Å²) in [6.07, 6.45) is 0.561. The van der Waals surface area contributed by atoms with Crippen molar-refractivity contribution in [3.05, 3.63) is 64.1 Å². The summed E-state index contributed by atoms with van der Waals surface area (Å²) in [7, 11) is -3.15. The fraction of sp³-hybridized carbons (Fsp3) is 0.278. The van der Waals surface area contributed by atoms with Crippen LogP contribution in [0.1, 0.15) is 12.0 Å². The molecule has 7 heteroatoms. The highest BCUT2D eigenvalue weighted by Crippen LogP contribution is 2.33. The standard InChI is InChI=1S/C18H17Cl2NO3S/c19-14-6-7-16(20)17(11-14)21(15-8-9-25(23,24)12-15)18(22)10-13-4-2-1-3-5-13/h1-7,11,15H,8-10,12H2. The summed E-state index contributed by atoms with van der Waals surface area (Å²) in [4.78, 5) is 14.5. The second kappa shape index (κ2) is 7.36. The highest BCUT2D eigenvalue weighted by atomic mass is 35.5. The molecule has 1 aliphatic heterocycles. The predicted molar refractivity (Wildman–Crippen MR) is 101 cm³/mol. The summed E-state index contributed by atoms with van der Waals surface area (Å²) in [5.41, 5.74) is 1.31. The number of carbonyl (C=O) groups excluding carboxylic acids is 1. The molecule has 0 N–H and O–H groups in total. The second-order valence-electron chi connectivity index (χ2n) is 6.08. The number of anilines is 1. The van der Waals surface area contributed by atoms with Crippen molar-refractivity contribution in [2.24, 2.45) is 0 Å². The van der Waals surface area contributed by atoms with Crippen LogP contribution in [0.2, 0.25) is 10.0 Å². The Kier molecular flexibility index (Phi) is 5.37. The first-order chi connectivity index (χ1) is 11.9. The molecule has 0 aromatic heterocycles. The van der Waals surface area contributed by atoms with Gasteiger partial charge in [-0.25, -0.2) is 8.42 Å². The van der Waals surface area contributed by atoms with E-state index in [1.807, 2.05) is 30.3 Å². The van der Waals surface area contributed by atoms with E-state index >= 15 is 0 Å². The van der Waals surface area contributed by atoms with Crippen LogP contribution in [0.4, 0.5) is 5.69 Å². The quantitative estimate of drug-likeness (QED) is 0.788. The SMILES string of the molecule is O=C(Cc1ccccc1)N(c1cc(Cl)ccc1Cl)C1CCS(=O)(=O)C1. The molecule has 1 saturated heterocycles. The van der Waals surface area contributed by atoms with Crippen LogP contribution in [0.3, 0.4) is 0 Å². The predicted octanol–water partition coefficient (Wildman–Crippen LogP) is 3.76. The number of hydrogen-bond donors (Lipinski definition) is 0. The summed E-state index contributed by atoms with van der Waals surface area (Å²) < 4.78 is 23.8. The zero-order chi connectivity index (χ0) is 18.0. The van der Waals surface area contributed by atoms with E-state index in [-0.39, 0.29) is 23.8 Å². The molecule has 1 unspecified atom stereocenters. The van der Waals surface area contributed by atoms with E-state index in [1.165, 1.54) is 4.90 Å². The summed E-state index contributed by atoms with van der Waals surface area (Å²) in [6.45, 7) is 0. The van der Waals surface area contributed by atoms with Crippen molar-refractivity contribution in [1.29, 1.82) is 0 Å². The van der Waals surface area contributed by atoms with Crippen molar-refractivity contribution < 1.29 is 13.2 Å². The van der Waals surface area contributed by atoms with Crippen LogP contribution in [0.25, 0.3) is 0 Å². The van der Waals surface area contributed by atoms with Gasteiger partial charge >= 0.3 is 0 Å². The van der Waals surface area contributed by atoms with E-state index < -0.39 is 15.9 Å². The van der Waals surface area contributed by atoms with Crippen LogP contribution in [-0.2, 0) is 21.1 Å². The van der Waals surface area contributed by atoms with Crippen LogP contribution in [0, 0.1) is 0 Å². The van der Waals surface area contributed by atoms with Crippen LogP contribution >= 0.6 is 23.2 Å². The maximum Gasteiger partial charge on any atom is 0.231 e. The van der Waals surface area contributed by atoms with E-state index in [4.69, 9.17) is 23.2 Å². The largest absolute Gasteiger partial charge is 0.306 e. The molecule has 3 rings (SSSR count). The monoisotopic (exact) mass is 397 g/mol. The molecule has 0 saturated carbocycles. The summed E-state index contributed by atoms with van der Waals surface area (Å²) in [5, 5.41) is 0.813. The fourth-order valence-corrected chi connectivity index (χ4v) is 5.11. The average molecular weight is 398 g/mol. The molecule has 2 aromatic rings. The van der Waals surface area contributed by atoms with Gasteiger partial charge in [0, 0.05) is 5.02 Å². The third kappa shape index (κ3) is 4.35. The van der Waals surface area contributed by atoms with Crippen molar-refractivity contribution in [2.45, 2.75) is 18.9 Å². The van der Waals surface area contributed by atoms with Gasteiger partial charge in [0.25, 0.3) is 0 Å². The minimum atomic E-state index is -3.15. The Bertz CT molecular complexity index is 884. The molecule has 0 radical (unpaired) electrons. The van der Waals surface area contributed by atoms with E-state index in [9.17, 15) is 13.2 Å². The normalized spacial score (nSPS) is 18.9. The summed E-state index contributed by atoms with van der Waals surface area (Å²) in [6, 6.07) is 13.8. The first-order valence-corrected chi connectivity index (χ1v) is 10.4. The van der Waals surface area contributed by atoms with Crippen LogP contribution in [-0.4, -0.2) is 31.9 Å². The molecular formula is C18H17Cl2NO3S. The molecule has 0 bridgehead atoms. The van der Waals surface area contributed by atoms with Gasteiger partial charge in [0.05, 0.1) is 34.7 Å². The van der Waals surface area contributed by atoms with Gasteiger partial charge in [-0.15, -0.1) is 0 Å². The first-order valence-electron chi connectivity index (χ1n) is 7.87. The lowest BCUT2D eigenvalue weighted by Crippen LogP contribution is -2.42. The smallest absolute Gasteiger partial charge is 0.231 e. The van der Waals surface area contributed by atoms with Gasteiger partial charge in [-0.1, -0.05) is 53.5 Å². The van der Waals surface area contributed by atoms with Crippen molar-refractivity contribution >= 4 is 44.6 Å². The minimum absolute atomic E-state index is 0.0592. The molecule has 132 valence electrons. The number of halogens is 2. The Hall–Kier alpha value is -1.56. The maximum absolute atomic E-state index is 13.0. The molecule has 0 spiro atoms. The minimum Gasteiger partial charge on any atom is -0.306 e. The first kappa shape index (κ1) is 18.2. The van der Waals surface area contributed by atoms with Crippen molar-refractivity contribution in [3.8, 4) is 0 Å². The van der Waals surface area contributed by atoms with Crippen LogP contribution in [0.15, 0.2) is 48.5 Å². The van der Waals surface area contributed by atoms with Gasteiger partial charge in [-0.3, -0.25) is 4.79 Å². The number of sulfone groups is 1. The lowest BCUT2D eigenvalue weighted by molar-refractivity contribution is -0.118. The molecule has 1 fully saturated rings. The van der Waals surface area contributed by atoms with Gasteiger partial charge < -0.3 is 4.90 Å². The molecule has 1 aliphatic rings. The van der Waals surface area contributed by atoms with Crippen molar-refractivity contribution in [2.75, 3.05) is 16.4 Å². The lowest BCUT2D eigenvalue weighted by Gasteiger charge is -2.29. The Morgan fingerprint density at radius 1 is 1.12 bits per heavy atom.